The van der Waals surface area contributed by atoms with Crippen molar-refractivity contribution in [2.24, 2.45) is 5.73 Å². The van der Waals surface area contributed by atoms with Crippen LogP contribution in [-0.4, -0.2) is 39.3 Å². The van der Waals surface area contributed by atoms with E-state index >= 15 is 0 Å². The summed E-state index contributed by atoms with van der Waals surface area (Å²) in [6.07, 6.45) is 2.42. The zero-order valence-corrected chi connectivity index (χ0v) is 9.88. The first-order valence-corrected chi connectivity index (χ1v) is 7.88. The highest BCUT2D eigenvalue weighted by Crippen LogP contribution is 2.26. The van der Waals surface area contributed by atoms with Crippen LogP contribution in [0.2, 0.25) is 12.6 Å². The molecule has 3 nitrogen and oxygen atoms in total. The fraction of sp³-hybridized carbons (Fsp3) is 1.00. The summed E-state index contributed by atoms with van der Waals surface area (Å²) in [5.41, 5.74) is 5.52. The van der Waals surface area contributed by atoms with Crippen LogP contribution >= 0.6 is 0 Å². The van der Waals surface area contributed by atoms with Crippen LogP contribution in [0.15, 0.2) is 0 Å². The van der Waals surface area contributed by atoms with Gasteiger partial charge in [0.15, 0.2) is 0 Å². The van der Waals surface area contributed by atoms with E-state index in [1.165, 1.54) is 19.0 Å². The predicted molar refractivity (Wildman–Crippen MR) is 57.9 cm³/mol. The average molecular weight is 202 g/mol. The standard InChI is InChI=1S/C9H22N2OSi/c1-3-12-13(2)9-5-8-11(13)7-4-6-10/h3-10H2,1-2H3. The topological polar surface area (TPSA) is 38.5 Å². The van der Waals surface area contributed by atoms with Gasteiger partial charge in [-0.2, -0.15) is 0 Å². The number of nitrogens with two attached hydrogens (primary N) is 1. The van der Waals surface area contributed by atoms with Crippen molar-refractivity contribution < 1.29 is 4.43 Å². The van der Waals surface area contributed by atoms with Crippen molar-refractivity contribution in [2.75, 3.05) is 26.2 Å². The minimum atomic E-state index is -1.48. The van der Waals surface area contributed by atoms with Crippen LogP contribution in [-0.2, 0) is 4.43 Å². The molecule has 1 unspecified atom stereocenters. The molecular weight excluding hydrogens is 180 g/mol. The van der Waals surface area contributed by atoms with E-state index in [2.05, 4.69) is 18.0 Å². The molecular formula is C9H22N2OSi. The third kappa shape index (κ3) is 2.77. The Balaban J connectivity index is 2.42. The van der Waals surface area contributed by atoms with Gasteiger partial charge in [-0.1, -0.05) is 0 Å². The number of nitrogens with zero attached hydrogens (tertiary/aromatic N) is 1. The van der Waals surface area contributed by atoms with Gasteiger partial charge in [-0.15, -0.1) is 0 Å². The Hall–Kier alpha value is 0.0969. The van der Waals surface area contributed by atoms with E-state index in [9.17, 15) is 0 Å². The third-order valence-electron chi connectivity index (χ3n) is 2.83. The molecule has 0 aromatic carbocycles. The molecule has 0 aliphatic carbocycles. The zero-order chi connectivity index (χ0) is 9.73. The van der Waals surface area contributed by atoms with Crippen LogP contribution in [0.3, 0.4) is 0 Å². The van der Waals surface area contributed by atoms with Crippen molar-refractivity contribution in [2.45, 2.75) is 32.4 Å². The normalized spacial score (nSPS) is 29.8. The van der Waals surface area contributed by atoms with Gasteiger partial charge < -0.3 is 14.7 Å². The summed E-state index contributed by atoms with van der Waals surface area (Å²) < 4.78 is 8.48. The van der Waals surface area contributed by atoms with Crippen LogP contribution in [0, 0.1) is 0 Å². The molecule has 1 heterocycles. The number of hydrogen-bond acceptors (Lipinski definition) is 3. The minimum Gasteiger partial charge on any atom is -0.403 e. The van der Waals surface area contributed by atoms with Gasteiger partial charge >= 0.3 is 0 Å². The Bertz CT molecular complexity index is 157. The van der Waals surface area contributed by atoms with Crippen LogP contribution in [0.25, 0.3) is 0 Å². The monoisotopic (exact) mass is 202 g/mol. The lowest BCUT2D eigenvalue weighted by Gasteiger charge is -2.32. The van der Waals surface area contributed by atoms with Crippen molar-refractivity contribution in [3.63, 3.8) is 0 Å². The molecule has 0 radical (unpaired) electrons. The Kier molecular flexibility index (Phi) is 4.38. The van der Waals surface area contributed by atoms with Crippen LogP contribution in [0.1, 0.15) is 19.8 Å². The molecule has 1 saturated heterocycles. The summed E-state index contributed by atoms with van der Waals surface area (Å²) in [5, 5.41) is 0. The largest absolute Gasteiger partial charge is 0.403 e. The predicted octanol–water partition coefficient (Wildman–Crippen LogP) is 1.15. The quantitative estimate of drug-likeness (QED) is 0.680. The molecule has 1 rings (SSSR count). The summed E-state index contributed by atoms with van der Waals surface area (Å²) >= 11 is 0. The lowest BCUT2D eigenvalue weighted by atomic mass is 10.4. The minimum absolute atomic E-state index is 0.799. The van der Waals surface area contributed by atoms with E-state index in [0.29, 0.717) is 0 Å². The molecule has 0 aromatic heterocycles. The zero-order valence-electron chi connectivity index (χ0n) is 8.88. The van der Waals surface area contributed by atoms with Crippen LogP contribution in [0.5, 0.6) is 0 Å². The van der Waals surface area contributed by atoms with Gasteiger partial charge in [0, 0.05) is 6.61 Å². The Morgan fingerprint density at radius 3 is 2.92 bits per heavy atom. The molecule has 1 atom stereocenters. The lowest BCUT2D eigenvalue weighted by molar-refractivity contribution is 0.269. The highest BCUT2D eigenvalue weighted by molar-refractivity contribution is 6.70. The fourth-order valence-electron chi connectivity index (χ4n) is 2.10. The first kappa shape index (κ1) is 11.2. The number of rotatable bonds is 5. The molecule has 1 fully saturated rings. The van der Waals surface area contributed by atoms with Crippen LogP contribution in [0.4, 0.5) is 0 Å². The van der Waals surface area contributed by atoms with Crippen molar-refractivity contribution in [3.05, 3.63) is 0 Å². The summed E-state index contributed by atoms with van der Waals surface area (Å²) in [6.45, 7) is 8.45. The van der Waals surface area contributed by atoms with E-state index in [0.717, 1.165) is 26.1 Å². The molecule has 0 saturated carbocycles. The Morgan fingerprint density at radius 1 is 1.54 bits per heavy atom. The van der Waals surface area contributed by atoms with Crippen LogP contribution < -0.4 is 5.73 Å². The van der Waals surface area contributed by atoms with Crippen molar-refractivity contribution in [1.29, 1.82) is 0 Å². The van der Waals surface area contributed by atoms with Crippen molar-refractivity contribution in [1.82, 2.24) is 4.57 Å². The average Bonchev–Trinajstić information content (AvgIpc) is 2.44. The van der Waals surface area contributed by atoms with Crippen molar-refractivity contribution >= 4 is 8.48 Å². The van der Waals surface area contributed by atoms with E-state index in [4.69, 9.17) is 10.2 Å². The summed E-state index contributed by atoms with van der Waals surface area (Å²) in [4.78, 5) is 0. The first-order valence-electron chi connectivity index (χ1n) is 5.32. The summed E-state index contributed by atoms with van der Waals surface area (Å²) in [7, 11) is -1.48. The van der Waals surface area contributed by atoms with E-state index < -0.39 is 8.48 Å². The molecule has 4 heteroatoms. The maximum absolute atomic E-state index is 5.92. The maximum Gasteiger partial charge on any atom is 0.268 e. The molecule has 2 N–H and O–H groups in total. The van der Waals surface area contributed by atoms with Gasteiger partial charge in [0.05, 0.1) is 0 Å². The van der Waals surface area contributed by atoms with E-state index in [-0.39, 0.29) is 0 Å². The van der Waals surface area contributed by atoms with Gasteiger partial charge in [-0.25, -0.2) is 0 Å². The molecule has 0 amide bonds. The van der Waals surface area contributed by atoms with Gasteiger partial charge in [0.25, 0.3) is 8.48 Å². The number of hydrogen-bond donors (Lipinski definition) is 1. The van der Waals surface area contributed by atoms with E-state index in [1.54, 1.807) is 0 Å². The second kappa shape index (κ2) is 5.10. The first-order chi connectivity index (χ1) is 6.23. The second-order valence-corrected chi connectivity index (χ2v) is 7.61. The molecule has 0 spiro atoms. The molecule has 1 aliphatic heterocycles. The molecule has 0 bridgehead atoms. The molecule has 78 valence electrons. The summed E-state index contributed by atoms with van der Waals surface area (Å²) in [6, 6.07) is 1.30. The van der Waals surface area contributed by atoms with Gasteiger partial charge in [0.1, 0.15) is 0 Å². The Labute approximate surface area is 82.5 Å². The van der Waals surface area contributed by atoms with E-state index in [1.807, 2.05) is 0 Å². The fourth-order valence-corrected chi connectivity index (χ4v) is 5.44. The smallest absolute Gasteiger partial charge is 0.268 e. The highest BCUT2D eigenvalue weighted by atomic mass is 28.4. The van der Waals surface area contributed by atoms with Gasteiger partial charge in [0.2, 0.25) is 0 Å². The van der Waals surface area contributed by atoms with Crippen molar-refractivity contribution in [3.8, 4) is 0 Å². The highest BCUT2D eigenvalue weighted by Gasteiger charge is 2.40. The summed E-state index contributed by atoms with van der Waals surface area (Å²) in [5.74, 6) is 0. The maximum atomic E-state index is 5.92. The SMILES string of the molecule is CCO[Si]1(C)CCCN1CCCN. The second-order valence-electron chi connectivity index (χ2n) is 3.84. The molecule has 1 aliphatic rings. The van der Waals surface area contributed by atoms with Gasteiger partial charge in [-0.3, -0.25) is 0 Å². The lowest BCUT2D eigenvalue weighted by Crippen LogP contribution is -2.49. The Morgan fingerprint density at radius 2 is 2.31 bits per heavy atom. The molecule has 0 aromatic rings. The van der Waals surface area contributed by atoms with Gasteiger partial charge in [-0.05, 0) is 52.0 Å². The molecule has 13 heavy (non-hydrogen) atoms. The third-order valence-corrected chi connectivity index (χ3v) is 6.80.